The number of nitrogens with one attached hydrogen (secondary N) is 1. The normalized spacial score (nSPS) is 32.1. The van der Waals surface area contributed by atoms with E-state index in [2.05, 4.69) is 16.6 Å². The van der Waals surface area contributed by atoms with Crippen molar-refractivity contribution in [3.05, 3.63) is 17.5 Å². The minimum Gasteiger partial charge on any atom is -0.307 e. The van der Waals surface area contributed by atoms with Gasteiger partial charge < -0.3 is 5.32 Å². The standard InChI is InChI=1S/C9H13N3/c1-12-5-7-8-3-2-6(10-8)4-9(7)11-12/h5-6,8,10H,2-4H2,1H3/t6-,8+/m0/s1. The van der Waals surface area contributed by atoms with Crippen LogP contribution < -0.4 is 5.32 Å². The fourth-order valence-corrected chi connectivity index (χ4v) is 2.46. The smallest absolute Gasteiger partial charge is 0.0687 e. The molecule has 0 aliphatic carbocycles. The first kappa shape index (κ1) is 6.66. The van der Waals surface area contributed by atoms with Gasteiger partial charge in [-0.3, -0.25) is 4.68 Å². The van der Waals surface area contributed by atoms with Crippen molar-refractivity contribution in [3.8, 4) is 0 Å². The van der Waals surface area contributed by atoms with Crippen molar-refractivity contribution in [2.45, 2.75) is 31.3 Å². The zero-order chi connectivity index (χ0) is 8.13. The summed E-state index contributed by atoms with van der Waals surface area (Å²) in [7, 11) is 2.01. The minimum atomic E-state index is 0.604. The summed E-state index contributed by atoms with van der Waals surface area (Å²) in [5.41, 5.74) is 2.76. The molecule has 2 aliphatic heterocycles. The number of hydrogen-bond donors (Lipinski definition) is 1. The van der Waals surface area contributed by atoms with Gasteiger partial charge >= 0.3 is 0 Å². The Bertz CT molecular complexity index is 316. The van der Waals surface area contributed by atoms with Gasteiger partial charge in [-0.1, -0.05) is 0 Å². The summed E-state index contributed by atoms with van der Waals surface area (Å²) in [6.45, 7) is 0. The maximum absolute atomic E-state index is 4.47. The highest BCUT2D eigenvalue weighted by atomic mass is 15.3. The molecule has 3 nitrogen and oxygen atoms in total. The highest BCUT2D eigenvalue weighted by molar-refractivity contribution is 5.27. The van der Waals surface area contributed by atoms with E-state index in [-0.39, 0.29) is 0 Å². The van der Waals surface area contributed by atoms with Crippen LogP contribution in [-0.4, -0.2) is 15.8 Å². The largest absolute Gasteiger partial charge is 0.307 e. The van der Waals surface area contributed by atoms with Gasteiger partial charge in [0.1, 0.15) is 0 Å². The predicted molar refractivity (Wildman–Crippen MR) is 45.8 cm³/mol. The molecule has 0 unspecified atom stereocenters. The SMILES string of the molecule is Cn1cc2c(n1)C[C@@H]1CC[C@H]2N1. The fraction of sp³-hybridized carbons (Fsp3) is 0.667. The van der Waals surface area contributed by atoms with E-state index >= 15 is 0 Å². The monoisotopic (exact) mass is 163 g/mol. The van der Waals surface area contributed by atoms with E-state index in [1.807, 2.05) is 11.7 Å². The van der Waals surface area contributed by atoms with Gasteiger partial charge in [-0.15, -0.1) is 0 Å². The van der Waals surface area contributed by atoms with Gasteiger partial charge in [0.2, 0.25) is 0 Å². The van der Waals surface area contributed by atoms with Crippen LogP contribution in [0.3, 0.4) is 0 Å². The number of aryl methyl sites for hydroxylation is 1. The van der Waals surface area contributed by atoms with E-state index in [4.69, 9.17) is 0 Å². The van der Waals surface area contributed by atoms with Crippen LogP contribution in [0.15, 0.2) is 6.20 Å². The molecule has 1 saturated heterocycles. The van der Waals surface area contributed by atoms with Crippen molar-refractivity contribution >= 4 is 0 Å². The molecule has 3 rings (SSSR count). The van der Waals surface area contributed by atoms with Crippen LogP contribution >= 0.6 is 0 Å². The molecule has 1 fully saturated rings. The molecular formula is C9H13N3. The number of aromatic nitrogens is 2. The van der Waals surface area contributed by atoms with Crippen molar-refractivity contribution in [1.82, 2.24) is 15.1 Å². The van der Waals surface area contributed by atoms with Crippen molar-refractivity contribution < 1.29 is 0 Å². The molecule has 0 saturated carbocycles. The first-order valence-corrected chi connectivity index (χ1v) is 4.61. The molecule has 2 atom stereocenters. The van der Waals surface area contributed by atoms with Gasteiger partial charge in [-0.05, 0) is 12.8 Å². The Kier molecular flexibility index (Phi) is 1.17. The summed E-state index contributed by atoms with van der Waals surface area (Å²) in [5, 5.41) is 8.08. The molecule has 12 heavy (non-hydrogen) atoms. The molecule has 2 aliphatic rings. The van der Waals surface area contributed by atoms with E-state index in [0.29, 0.717) is 12.1 Å². The predicted octanol–water partition coefficient (Wildman–Crippen LogP) is 0.769. The highest BCUT2D eigenvalue weighted by Crippen LogP contribution is 2.34. The van der Waals surface area contributed by atoms with E-state index in [9.17, 15) is 0 Å². The lowest BCUT2D eigenvalue weighted by atomic mass is 10.0. The third kappa shape index (κ3) is 0.771. The Balaban J connectivity index is 2.11. The molecule has 1 N–H and O–H groups in total. The molecule has 3 heteroatoms. The topological polar surface area (TPSA) is 29.9 Å². The van der Waals surface area contributed by atoms with Crippen molar-refractivity contribution in [1.29, 1.82) is 0 Å². The summed E-state index contributed by atoms with van der Waals surface area (Å²) in [4.78, 5) is 0. The Morgan fingerprint density at radius 3 is 3.42 bits per heavy atom. The molecule has 0 spiro atoms. The fourth-order valence-electron chi connectivity index (χ4n) is 2.46. The van der Waals surface area contributed by atoms with Gasteiger partial charge in [-0.25, -0.2) is 0 Å². The lowest BCUT2D eigenvalue weighted by molar-refractivity contribution is 0.510. The van der Waals surface area contributed by atoms with Crippen LogP contribution in [0.2, 0.25) is 0 Å². The Morgan fingerprint density at radius 1 is 1.58 bits per heavy atom. The Labute approximate surface area is 71.8 Å². The second-order valence-electron chi connectivity index (χ2n) is 3.90. The van der Waals surface area contributed by atoms with Crippen LogP contribution in [0.1, 0.15) is 30.1 Å². The van der Waals surface area contributed by atoms with Gasteiger partial charge in [0.05, 0.1) is 5.69 Å². The first-order valence-electron chi connectivity index (χ1n) is 4.61. The summed E-state index contributed by atoms with van der Waals surface area (Å²) in [6.07, 6.45) is 5.91. The zero-order valence-electron chi connectivity index (χ0n) is 7.25. The lowest BCUT2D eigenvalue weighted by Gasteiger charge is -2.19. The summed E-state index contributed by atoms with van der Waals surface area (Å²) in [5.74, 6) is 0. The molecule has 0 aromatic carbocycles. The second-order valence-corrected chi connectivity index (χ2v) is 3.90. The highest BCUT2D eigenvalue weighted by Gasteiger charge is 2.33. The van der Waals surface area contributed by atoms with Crippen molar-refractivity contribution in [3.63, 3.8) is 0 Å². The van der Waals surface area contributed by atoms with Crippen LogP contribution in [0.5, 0.6) is 0 Å². The van der Waals surface area contributed by atoms with Crippen LogP contribution in [0, 0.1) is 0 Å². The van der Waals surface area contributed by atoms with E-state index < -0.39 is 0 Å². The van der Waals surface area contributed by atoms with Crippen LogP contribution in [-0.2, 0) is 13.5 Å². The molecule has 1 aromatic heterocycles. The average Bonchev–Trinajstić information content (AvgIpc) is 2.57. The van der Waals surface area contributed by atoms with Crippen LogP contribution in [0.25, 0.3) is 0 Å². The molecule has 2 bridgehead atoms. The Hall–Kier alpha value is -0.830. The molecule has 64 valence electrons. The lowest BCUT2D eigenvalue weighted by Crippen LogP contribution is -2.31. The number of hydrogen-bond acceptors (Lipinski definition) is 2. The van der Waals surface area contributed by atoms with E-state index in [1.54, 1.807) is 0 Å². The van der Waals surface area contributed by atoms with Gasteiger partial charge in [-0.2, -0.15) is 5.10 Å². The third-order valence-electron chi connectivity index (χ3n) is 2.99. The number of nitrogens with zero attached hydrogens (tertiary/aromatic N) is 2. The second kappa shape index (κ2) is 2.10. The molecule has 0 radical (unpaired) electrons. The Morgan fingerprint density at radius 2 is 2.50 bits per heavy atom. The number of fused-ring (bicyclic) bond motifs is 4. The van der Waals surface area contributed by atoms with Gasteiger partial charge in [0, 0.05) is 37.3 Å². The third-order valence-corrected chi connectivity index (χ3v) is 2.99. The van der Waals surface area contributed by atoms with E-state index in [1.165, 1.54) is 24.1 Å². The number of rotatable bonds is 0. The first-order chi connectivity index (χ1) is 5.83. The van der Waals surface area contributed by atoms with Crippen LogP contribution in [0.4, 0.5) is 0 Å². The summed E-state index contributed by atoms with van der Waals surface area (Å²) < 4.78 is 1.94. The van der Waals surface area contributed by atoms with E-state index in [0.717, 1.165) is 6.42 Å². The van der Waals surface area contributed by atoms with Gasteiger partial charge in [0.25, 0.3) is 0 Å². The molecular weight excluding hydrogens is 150 g/mol. The maximum atomic E-state index is 4.47. The molecule has 1 aromatic rings. The summed E-state index contributed by atoms with van der Waals surface area (Å²) in [6, 6.07) is 1.31. The van der Waals surface area contributed by atoms with Crippen molar-refractivity contribution in [2.24, 2.45) is 7.05 Å². The molecule has 3 heterocycles. The zero-order valence-corrected chi connectivity index (χ0v) is 7.25. The van der Waals surface area contributed by atoms with Gasteiger partial charge in [0.15, 0.2) is 0 Å². The maximum Gasteiger partial charge on any atom is 0.0687 e. The average molecular weight is 163 g/mol. The minimum absolute atomic E-state index is 0.604. The molecule has 0 amide bonds. The summed E-state index contributed by atoms with van der Waals surface area (Å²) >= 11 is 0. The van der Waals surface area contributed by atoms with Crippen molar-refractivity contribution in [2.75, 3.05) is 0 Å². The quantitative estimate of drug-likeness (QED) is 0.612.